The molecule has 8 heteroatoms. The fraction of sp³-hybridized carbons (Fsp3) is 0.600. The number of methoxy groups -OCH3 is 1. The number of ether oxygens (including phenoxy) is 2. The second-order valence-corrected chi connectivity index (χ2v) is 7.95. The molecule has 1 saturated carbocycles. The molecule has 1 aliphatic carbocycles. The molecular formula is C20H29N3O5. The summed E-state index contributed by atoms with van der Waals surface area (Å²) >= 11 is 0. The van der Waals surface area contributed by atoms with Gasteiger partial charge in [-0.25, -0.2) is 14.6 Å². The van der Waals surface area contributed by atoms with Crippen molar-refractivity contribution in [2.45, 2.75) is 64.5 Å². The molecule has 2 rings (SSSR count). The fourth-order valence-corrected chi connectivity index (χ4v) is 3.13. The van der Waals surface area contributed by atoms with Gasteiger partial charge in [0.25, 0.3) is 0 Å². The Hall–Kier alpha value is -2.64. The van der Waals surface area contributed by atoms with Crippen LogP contribution in [0.5, 0.6) is 0 Å². The zero-order valence-corrected chi connectivity index (χ0v) is 16.9. The highest BCUT2D eigenvalue weighted by Crippen LogP contribution is 2.25. The molecule has 0 aliphatic heterocycles. The predicted molar refractivity (Wildman–Crippen MR) is 104 cm³/mol. The van der Waals surface area contributed by atoms with E-state index in [1.54, 1.807) is 32.9 Å². The number of amides is 2. The van der Waals surface area contributed by atoms with E-state index in [4.69, 9.17) is 9.47 Å². The number of nitrogens with one attached hydrogen (secondary N) is 2. The zero-order chi connectivity index (χ0) is 20.7. The van der Waals surface area contributed by atoms with Crippen molar-refractivity contribution in [2.24, 2.45) is 5.92 Å². The van der Waals surface area contributed by atoms with Gasteiger partial charge in [-0.15, -0.1) is 0 Å². The Morgan fingerprint density at radius 2 is 1.93 bits per heavy atom. The van der Waals surface area contributed by atoms with Gasteiger partial charge in [0, 0.05) is 18.5 Å². The molecule has 0 saturated heterocycles. The van der Waals surface area contributed by atoms with Gasteiger partial charge in [0.1, 0.15) is 17.5 Å². The summed E-state index contributed by atoms with van der Waals surface area (Å²) in [4.78, 5) is 40.5. The van der Waals surface area contributed by atoms with Crippen LogP contribution >= 0.6 is 0 Å². The molecule has 0 aromatic carbocycles. The van der Waals surface area contributed by atoms with E-state index in [0.717, 1.165) is 31.2 Å². The summed E-state index contributed by atoms with van der Waals surface area (Å²) < 4.78 is 10.0. The first-order valence-corrected chi connectivity index (χ1v) is 9.51. The lowest BCUT2D eigenvalue weighted by molar-refractivity contribution is -0.145. The standard InChI is InChI=1S/C20H29N3O5/c1-20(2,3)28-19(26)23-16-12-13(9-10-21-16)11-15(18(25)27-4)22-17(24)14-7-5-6-8-14/h9-10,12,14-15H,5-8,11H2,1-4H3,(H,22,24)(H,21,23,26). The van der Waals surface area contributed by atoms with Crippen LogP contribution in [0.25, 0.3) is 0 Å². The van der Waals surface area contributed by atoms with E-state index >= 15 is 0 Å². The van der Waals surface area contributed by atoms with Crippen LogP contribution < -0.4 is 10.6 Å². The van der Waals surface area contributed by atoms with Gasteiger partial charge in [0.15, 0.2) is 0 Å². The van der Waals surface area contributed by atoms with Crippen LogP contribution in [0.1, 0.15) is 52.0 Å². The molecular weight excluding hydrogens is 362 g/mol. The van der Waals surface area contributed by atoms with Crippen molar-refractivity contribution in [1.82, 2.24) is 10.3 Å². The molecule has 1 atom stereocenters. The largest absolute Gasteiger partial charge is 0.467 e. The van der Waals surface area contributed by atoms with Crippen LogP contribution in [0.3, 0.4) is 0 Å². The van der Waals surface area contributed by atoms with Gasteiger partial charge < -0.3 is 14.8 Å². The maximum Gasteiger partial charge on any atom is 0.413 e. The Kier molecular flexibility index (Phi) is 7.37. The van der Waals surface area contributed by atoms with Crippen molar-refractivity contribution in [2.75, 3.05) is 12.4 Å². The maximum atomic E-state index is 12.4. The topological polar surface area (TPSA) is 107 Å². The van der Waals surface area contributed by atoms with Crippen molar-refractivity contribution in [3.05, 3.63) is 23.9 Å². The summed E-state index contributed by atoms with van der Waals surface area (Å²) in [6.45, 7) is 5.30. The van der Waals surface area contributed by atoms with Crippen LogP contribution in [0, 0.1) is 5.92 Å². The van der Waals surface area contributed by atoms with Crippen molar-refractivity contribution in [3.8, 4) is 0 Å². The summed E-state index contributed by atoms with van der Waals surface area (Å²) in [7, 11) is 1.29. The lowest BCUT2D eigenvalue weighted by Gasteiger charge is -2.20. The lowest BCUT2D eigenvalue weighted by atomic mass is 10.0. The number of carbonyl (C=O) groups excluding carboxylic acids is 3. The number of pyridine rings is 1. The molecule has 1 aromatic heterocycles. The molecule has 1 fully saturated rings. The van der Waals surface area contributed by atoms with Crippen LogP contribution in [-0.4, -0.2) is 41.7 Å². The summed E-state index contributed by atoms with van der Waals surface area (Å²) in [5, 5.41) is 5.37. The SMILES string of the molecule is COC(=O)C(Cc1ccnc(NC(=O)OC(C)(C)C)c1)NC(=O)C1CCCC1. The van der Waals surface area contributed by atoms with E-state index in [0.29, 0.717) is 5.82 Å². The monoisotopic (exact) mass is 391 g/mol. The van der Waals surface area contributed by atoms with Gasteiger partial charge in [-0.2, -0.15) is 0 Å². The van der Waals surface area contributed by atoms with Gasteiger partial charge in [-0.05, 0) is 51.3 Å². The molecule has 1 aromatic rings. The summed E-state index contributed by atoms with van der Waals surface area (Å²) in [6.07, 6.45) is 4.90. The van der Waals surface area contributed by atoms with E-state index in [1.807, 2.05) is 0 Å². The van der Waals surface area contributed by atoms with Crippen molar-refractivity contribution >= 4 is 23.8 Å². The van der Waals surface area contributed by atoms with E-state index in [2.05, 4.69) is 15.6 Å². The molecule has 1 unspecified atom stereocenters. The van der Waals surface area contributed by atoms with E-state index in [9.17, 15) is 14.4 Å². The second kappa shape index (κ2) is 9.52. The van der Waals surface area contributed by atoms with E-state index in [-0.39, 0.29) is 18.2 Å². The number of aromatic nitrogens is 1. The van der Waals surface area contributed by atoms with Crippen LogP contribution in [0.4, 0.5) is 10.6 Å². The minimum absolute atomic E-state index is 0.0472. The molecule has 0 radical (unpaired) electrons. The first-order chi connectivity index (χ1) is 13.2. The molecule has 1 heterocycles. The Labute approximate surface area is 165 Å². The van der Waals surface area contributed by atoms with Crippen molar-refractivity contribution < 1.29 is 23.9 Å². The van der Waals surface area contributed by atoms with Gasteiger partial charge in [0.05, 0.1) is 7.11 Å². The van der Waals surface area contributed by atoms with E-state index < -0.39 is 23.7 Å². The van der Waals surface area contributed by atoms with E-state index in [1.165, 1.54) is 13.3 Å². The second-order valence-electron chi connectivity index (χ2n) is 7.95. The molecule has 2 N–H and O–H groups in total. The van der Waals surface area contributed by atoms with Gasteiger partial charge in [0.2, 0.25) is 5.91 Å². The maximum absolute atomic E-state index is 12.4. The third-order valence-corrected chi connectivity index (χ3v) is 4.42. The minimum atomic E-state index is -0.796. The average Bonchev–Trinajstić information content (AvgIpc) is 3.13. The number of hydrogen-bond acceptors (Lipinski definition) is 6. The zero-order valence-electron chi connectivity index (χ0n) is 16.9. The highest BCUT2D eigenvalue weighted by molar-refractivity contribution is 5.86. The average molecular weight is 391 g/mol. The normalized spacial score (nSPS) is 15.6. The molecule has 2 amide bonds. The van der Waals surface area contributed by atoms with Crippen molar-refractivity contribution in [3.63, 3.8) is 0 Å². The Bertz CT molecular complexity index is 708. The third kappa shape index (κ3) is 6.83. The van der Waals surface area contributed by atoms with Gasteiger partial charge in [-0.3, -0.25) is 10.1 Å². The van der Waals surface area contributed by atoms with Crippen LogP contribution in [0.15, 0.2) is 18.3 Å². The number of nitrogens with zero attached hydrogens (tertiary/aromatic N) is 1. The molecule has 154 valence electrons. The number of rotatable bonds is 6. The number of esters is 1. The Balaban J connectivity index is 2.04. The number of carbonyl (C=O) groups is 3. The molecule has 1 aliphatic rings. The Morgan fingerprint density at radius 1 is 1.25 bits per heavy atom. The molecule has 28 heavy (non-hydrogen) atoms. The lowest BCUT2D eigenvalue weighted by Crippen LogP contribution is -2.45. The number of anilines is 1. The smallest absolute Gasteiger partial charge is 0.413 e. The summed E-state index contributed by atoms with van der Waals surface area (Å²) in [5.41, 5.74) is 0.102. The highest BCUT2D eigenvalue weighted by Gasteiger charge is 2.28. The first-order valence-electron chi connectivity index (χ1n) is 9.51. The van der Waals surface area contributed by atoms with Crippen LogP contribution in [0.2, 0.25) is 0 Å². The van der Waals surface area contributed by atoms with Crippen LogP contribution in [-0.2, 0) is 25.5 Å². The number of hydrogen-bond donors (Lipinski definition) is 2. The molecule has 0 bridgehead atoms. The quantitative estimate of drug-likeness (QED) is 0.722. The Morgan fingerprint density at radius 3 is 2.54 bits per heavy atom. The first kappa shape index (κ1) is 21.7. The van der Waals surface area contributed by atoms with Crippen molar-refractivity contribution in [1.29, 1.82) is 0 Å². The molecule has 8 nitrogen and oxygen atoms in total. The summed E-state index contributed by atoms with van der Waals surface area (Å²) in [6, 6.07) is 2.56. The van der Waals surface area contributed by atoms with Gasteiger partial charge in [-0.1, -0.05) is 12.8 Å². The minimum Gasteiger partial charge on any atom is -0.467 e. The fourth-order valence-electron chi connectivity index (χ4n) is 3.13. The molecule has 0 spiro atoms. The summed E-state index contributed by atoms with van der Waals surface area (Å²) in [5.74, 6) is -0.370. The third-order valence-electron chi connectivity index (χ3n) is 4.42. The van der Waals surface area contributed by atoms with Gasteiger partial charge >= 0.3 is 12.1 Å². The predicted octanol–water partition coefficient (Wildman–Crippen LogP) is 2.82. The highest BCUT2D eigenvalue weighted by atomic mass is 16.6.